The van der Waals surface area contributed by atoms with E-state index in [2.05, 4.69) is 71.6 Å². The van der Waals surface area contributed by atoms with Gasteiger partial charge in [-0.15, -0.1) is 0 Å². The first-order valence-electron chi connectivity index (χ1n) is 8.92. The molecular formula is C23H22N2O. The van der Waals surface area contributed by atoms with Gasteiger partial charge in [0.05, 0.1) is 17.8 Å². The lowest BCUT2D eigenvalue weighted by molar-refractivity contribution is 0.217. The molecular weight excluding hydrogens is 320 g/mol. The first-order chi connectivity index (χ1) is 12.8. The van der Waals surface area contributed by atoms with Crippen molar-refractivity contribution in [2.75, 3.05) is 20.2 Å². The zero-order valence-electron chi connectivity index (χ0n) is 14.9. The molecule has 3 nitrogen and oxygen atoms in total. The number of likely N-dealkylation sites (N-methyl/N-ethyl adjacent to an activating group) is 1. The van der Waals surface area contributed by atoms with E-state index in [1.807, 2.05) is 13.1 Å². The van der Waals surface area contributed by atoms with E-state index in [9.17, 15) is 0 Å². The van der Waals surface area contributed by atoms with Gasteiger partial charge in [0.1, 0.15) is 0 Å². The Kier molecular flexibility index (Phi) is 4.65. The Morgan fingerprint density at radius 2 is 1.46 bits per heavy atom. The lowest BCUT2D eigenvalue weighted by Gasteiger charge is -2.15. The summed E-state index contributed by atoms with van der Waals surface area (Å²) in [5.74, 6) is 0. The lowest BCUT2D eigenvalue weighted by atomic mass is 9.99. The molecule has 0 saturated heterocycles. The zero-order chi connectivity index (χ0) is 17.9. The van der Waals surface area contributed by atoms with Gasteiger partial charge in [0, 0.05) is 29.4 Å². The third kappa shape index (κ3) is 3.19. The van der Waals surface area contributed by atoms with Gasteiger partial charge in [-0.1, -0.05) is 66.7 Å². The second-order valence-corrected chi connectivity index (χ2v) is 6.68. The SMILES string of the molecule is CN(CCO)Cc1ccc(-c2nc3ccccc3c3ccccc23)cc1. The Balaban J connectivity index is 1.78. The molecule has 0 aliphatic carbocycles. The number of rotatable bonds is 5. The highest BCUT2D eigenvalue weighted by molar-refractivity contribution is 6.10. The maximum Gasteiger partial charge on any atom is 0.0788 e. The van der Waals surface area contributed by atoms with Crippen LogP contribution in [0.5, 0.6) is 0 Å². The third-order valence-corrected chi connectivity index (χ3v) is 4.77. The first kappa shape index (κ1) is 16.7. The van der Waals surface area contributed by atoms with Crippen molar-refractivity contribution in [3.63, 3.8) is 0 Å². The number of pyridine rings is 1. The molecule has 0 fully saturated rings. The van der Waals surface area contributed by atoms with Gasteiger partial charge in [0.15, 0.2) is 0 Å². The Bertz CT molecular complexity index is 1040. The summed E-state index contributed by atoms with van der Waals surface area (Å²) in [6.45, 7) is 1.69. The second kappa shape index (κ2) is 7.24. The van der Waals surface area contributed by atoms with E-state index >= 15 is 0 Å². The number of benzene rings is 3. The third-order valence-electron chi connectivity index (χ3n) is 4.77. The Hall–Kier alpha value is -2.75. The fraction of sp³-hybridized carbons (Fsp3) is 0.174. The molecule has 3 heteroatoms. The van der Waals surface area contributed by atoms with E-state index in [1.165, 1.54) is 21.7 Å². The fourth-order valence-electron chi connectivity index (χ4n) is 3.45. The van der Waals surface area contributed by atoms with E-state index in [4.69, 9.17) is 10.1 Å². The first-order valence-corrected chi connectivity index (χ1v) is 8.92. The summed E-state index contributed by atoms with van der Waals surface area (Å²) in [5.41, 5.74) is 4.40. The average Bonchev–Trinajstić information content (AvgIpc) is 2.68. The Morgan fingerprint density at radius 3 is 2.19 bits per heavy atom. The normalized spacial score (nSPS) is 11.5. The molecule has 1 heterocycles. The average molecular weight is 342 g/mol. The van der Waals surface area contributed by atoms with Crippen LogP contribution in [0.1, 0.15) is 5.56 Å². The van der Waals surface area contributed by atoms with Crippen molar-refractivity contribution in [1.29, 1.82) is 0 Å². The van der Waals surface area contributed by atoms with Crippen LogP contribution < -0.4 is 0 Å². The van der Waals surface area contributed by atoms with Gasteiger partial charge in [-0.3, -0.25) is 4.90 Å². The molecule has 3 aromatic carbocycles. The van der Waals surface area contributed by atoms with Crippen LogP contribution in [0.4, 0.5) is 0 Å². The minimum absolute atomic E-state index is 0.182. The van der Waals surface area contributed by atoms with Crippen LogP contribution in [0, 0.1) is 0 Å². The lowest BCUT2D eigenvalue weighted by Crippen LogP contribution is -2.21. The molecule has 0 unspecified atom stereocenters. The predicted octanol–water partition coefficient (Wildman–Crippen LogP) is 4.48. The number of fused-ring (bicyclic) bond motifs is 3. The molecule has 0 aliphatic heterocycles. The van der Waals surface area contributed by atoms with Gasteiger partial charge >= 0.3 is 0 Å². The number of aliphatic hydroxyl groups is 1. The van der Waals surface area contributed by atoms with Gasteiger partial charge in [-0.2, -0.15) is 0 Å². The number of aromatic nitrogens is 1. The summed E-state index contributed by atoms with van der Waals surface area (Å²) in [5, 5.41) is 12.6. The summed E-state index contributed by atoms with van der Waals surface area (Å²) in [6.07, 6.45) is 0. The van der Waals surface area contributed by atoms with Gasteiger partial charge in [-0.05, 0) is 24.1 Å². The predicted molar refractivity (Wildman–Crippen MR) is 108 cm³/mol. The number of aliphatic hydroxyl groups excluding tert-OH is 1. The fourth-order valence-corrected chi connectivity index (χ4v) is 3.45. The summed E-state index contributed by atoms with van der Waals surface area (Å²) in [4.78, 5) is 7.06. The van der Waals surface area contributed by atoms with Gasteiger partial charge < -0.3 is 5.11 Å². The van der Waals surface area contributed by atoms with Crippen molar-refractivity contribution in [3.8, 4) is 11.3 Å². The van der Waals surface area contributed by atoms with Gasteiger partial charge in [0.25, 0.3) is 0 Å². The molecule has 1 N–H and O–H groups in total. The van der Waals surface area contributed by atoms with Crippen molar-refractivity contribution in [1.82, 2.24) is 9.88 Å². The molecule has 4 rings (SSSR count). The number of hydrogen-bond acceptors (Lipinski definition) is 3. The van der Waals surface area contributed by atoms with Crippen LogP contribution in [0.15, 0.2) is 72.8 Å². The van der Waals surface area contributed by atoms with E-state index in [0.717, 1.165) is 23.3 Å². The monoisotopic (exact) mass is 342 g/mol. The van der Waals surface area contributed by atoms with Crippen molar-refractivity contribution in [2.24, 2.45) is 0 Å². The molecule has 130 valence electrons. The van der Waals surface area contributed by atoms with Crippen molar-refractivity contribution >= 4 is 21.7 Å². The highest BCUT2D eigenvalue weighted by Crippen LogP contribution is 2.32. The molecule has 0 bridgehead atoms. The Morgan fingerprint density at radius 1 is 0.808 bits per heavy atom. The molecule has 1 aromatic heterocycles. The van der Waals surface area contributed by atoms with Gasteiger partial charge in [0.2, 0.25) is 0 Å². The number of nitrogens with zero attached hydrogens (tertiary/aromatic N) is 2. The maximum atomic E-state index is 9.04. The molecule has 0 amide bonds. The van der Waals surface area contributed by atoms with Crippen molar-refractivity contribution in [2.45, 2.75) is 6.54 Å². The van der Waals surface area contributed by atoms with Crippen molar-refractivity contribution in [3.05, 3.63) is 78.4 Å². The quantitative estimate of drug-likeness (QED) is 0.543. The Labute approximate surface area is 153 Å². The van der Waals surface area contributed by atoms with Crippen LogP contribution in [-0.2, 0) is 6.54 Å². The minimum Gasteiger partial charge on any atom is -0.395 e. The smallest absolute Gasteiger partial charge is 0.0788 e. The van der Waals surface area contributed by atoms with Crippen molar-refractivity contribution < 1.29 is 5.11 Å². The molecule has 0 radical (unpaired) electrons. The zero-order valence-corrected chi connectivity index (χ0v) is 14.9. The largest absolute Gasteiger partial charge is 0.395 e. The second-order valence-electron chi connectivity index (χ2n) is 6.68. The molecule has 4 aromatic rings. The number of para-hydroxylation sites is 1. The van der Waals surface area contributed by atoms with Gasteiger partial charge in [-0.25, -0.2) is 4.98 Å². The maximum absolute atomic E-state index is 9.04. The van der Waals surface area contributed by atoms with Crippen LogP contribution in [0.3, 0.4) is 0 Å². The number of hydrogen-bond donors (Lipinski definition) is 1. The van der Waals surface area contributed by atoms with Crippen LogP contribution in [0.2, 0.25) is 0 Å². The van der Waals surface area contributed by atoms with E-state index in [0.29, 0.717) is 6.54 Å². The summed E-state index contributed by atoms with van der Waals surface area (Å²) < 4.78 is 0. The van der Waals surface area contributed by atoms with Crippen LogP contribution in [0.25, 0.3) is 32.9 Å². The molecule has 26 heavy (non-hydrogen) atoms. The van der Waals surface area contributed by atoms with E-state index in [1.54, 1.807) is 0 Å². The molecule has 0 spiro atoms. The molecule has 0 atom stereocenters. The minimum atomic E-state index is 0.182. The van der Waals surface area contributed by atoms with E-state index in [-0.39, 0.29) is 6.61 Å². The molecule has 0 saturated carbocycles. The molecule has 0 aliphatic rings. The summed E-state index contributed by atoms with van der Waals surface area (Å²) in [6, 6.07) is 25.4. The van der Waals surface area contributed by atoms with Crippen LogP contribution in [-0.4, -0.2) is 35.2 Å². The highest BCUT2D eigenvalue weighted by atomic mass is 16.3. The van der Waals surface area contributed by atoms with E-state index < -0.39 is 0 Å². The summed E-state index contributed by atoms with van der Waals surface area (Å²) in [7, 11) is 2.02. The standard InChI is InChI=1S/C23H22N2O/c1-25(14-15-26)16-17-10-12-18(13-11-17)23-21-8-3-2-6-19(21)20-7-4-5-9-22(20)24-23/h2-13,26H,14-16H2,1H3. The topological polar surface area (TPSA) is 36.4 Å². The van der Waals surface area contributed by atoms with Crippen LogP contribution >= 0.6 is 0 Å². The summed E-state index contributed by atoms with van der Waals surface area (Å²) >= 11 is 0. The highest BCUT2D eigenvalue weighted by Gasteiger charge is 2.10.